The van der Waals surface area contributed by atoms with Gasteiger partial charge in [-0.1, -0.05) is 6.07 Å². The Bertz CT molecular complexity index is 720. The molecule has 5 N–H and O–H groups in total. The molecule has 19 heavy (non-hydrogen) atoms. The maximum Gasteiger partial charge on any atom is 0.223 e. The van der Waals surface area contributed by atoms with E-state index in [0.29, 0.717) is 11.6 Å². The van der Waals surface area contributed by atoms with Gasteiger partial charge in [-0.05, 0) is 24.3 Å². The summed E-state index contributed by atoms with van der Waals surface area (Å²) in [6.07, 6.45) is 1.77. The smallest absolute Gasteiger partial charge is 0.223 e. The molecule has 2 aromatic heterocycles. The van der Waals surface area contributed by atoms with Gasteiger partial charge in [0.2, 0.25) is 5.95 Å². The van der Waals surface area contributed by atoms with Gasteiger partial charge in [0, 0.05) is 23.3 Å². The number of aromatic nitrogens is 3. The molecule has 0 fully saturated rings. The molecule has 1 aromatic carbocycles. The molecule has 6 heteroatoms. The molecule has 3 rings (SSSR count). The van der Waals surface area contributed by atoms with Crippen LogP contribution < -0.4 is 16.8 Å². The molecule has 0 saturated carbocycles. The van der Waals surface area contributed by atoms with Gasteiger partial charge in [0.05, 0.1) is 5.52 Å². The van der Waals surface area contributed by atoms with E-state index in [4.69, 9.17) is 11.5 Å². The summed E-state index contributed by atoms with van der Waals surface area (Å²) in [6, 6.07) is 11.4. The van der Waals surface area contributed by atoms with Crippen LogP contribution in [0.15, 0.2) is 42.6 Å². The molecule has 0 aliphatic carbocycles. The summed E-state index contributed by atoms with van der Waals surface area (Å²) in [5.74, 6) is 1.04. The van der Waals surface area contributed by atoms with Gasteiger partial charge in [0.15, 0.2) is 0 Å². The zero-order valence-electron chi connectivity index (χ0n) is 10.0. The van der Waals surface area contributed by atoms with E-state index in [0.717, 1.165) is 16.6 Å². The van der Waals surface area contributed by atoms with Crippen molar-refractivity contribution in [2.45, 2.75) is 0 Å². The number of nitrogens with two attached hydrogens (primary N) is 2. The molecular weight excluding hydrogens is 240 g/mol. The molecule has 0 aliphatic heterocycles. The third-order valence-electron chi connectivity index (χ3n) is 2.64. The summed E-state index contributed by atoms with van der Waals surface area (Å²) in [5.41, 5.74) is 13.0. The summed E-state index contributed by atoms with van der Waals surface area (Å²) in [7, 11) is 0. The fraction of sp³-hybridized carbons (Fsp3) is 0. The van der Waals surface area contributed by atoms with Crippen molar-refractivity contribution in [2.24, 2.45) is 0 Å². The van der Waals surface area contributed by atoms with Crippen LogP contribution in [-0.2, 0) is 0 Å². The Kier molecular flexibility index (Phi) is 2.60. The van der Waals surface area contributed by atoms with Crippen molar-refractivity contribution in [3.8, 4) is 0 Å². The largest absolute Gasteiger partial charge is 0.383 e. The van der Waals surface area contributed by atoms with Crippen LogP contribution in [-0.4, -0.2) is 15.0 Å². The third-order valence-corrected chi connectivity index (χ3v) is 2.64. The number of nitrogens with one attached hydrogen (secondary N) is 1. The summed E-state index contributed by atoms with van der Waals surface area (Å²) in [4.78, 5) is 12.2. The van der Waals surface area contributed by atoms with E-state index in [2.05, 4.69) is 20.3 Å². The zero-order chi connectivity index (χ0) is 13.2. The number of anilines is 4. The number of pyridine rings is 1. The van der Waals surface area contributed by atoms with Crippen molar-refractivity contribution in [3.63, 3.8) is 0 Å². The molecule has 0 radical (unpaired) electrons. The maximum absolute atomic E-state index is 5.62. The molecule has 3 aromatic rings. The molecule has 0 bridgehead atoms. The fourth-order valence-corrected chi connectivity index (χ4v) is 1.85. The standard InChI is InChI=1S/C13H12N6/c14-11-7-12(19-13(15)18-11)17-9-3-4-10-8(6-9)2-1-5-16-10/h1-7H,(H5,14,15,17,18,19). The van der Waals surface area contributed by atoms with Crippen LogP contribution in [0.1, 0.15) is 0 Å². The zero-order valence-corrected chi connectivity index (χ0v) is 10.0. The number of rotatable bonds is 2. The molecule has 6 nitrogen and oxygen atoms in total. The van der Waals surface area contributed by atoms with Crippen LogP contribution in [0, 0.1) is 0 Å². The maximum atomic E-state index is 5.62. The SMILES string of the molecule is Nc1cc(Nc2ccc3ncccc3c2)nc(N)n1. The lowest BCUT2D eigenvalue weighted by molar-refractivity contribution is 1.19. The molecule has 0 atom stereocenters. The number of nitrogens with zero attached hydrogens (tertiary/aromatic N) is 3. The minimum atomic E-state index is 0.143. The number of hydrogen-bond donors (Lipinski definition) is 3. The van der Waals surface area contributed by atoms with Gasteiger partial charge < -0.3 is 16.8 Å². The van der Waals surface area contributed by atoms with E-state index in [1.165, 1.54) is 0 Å². The summed E-state index contributed by atoms with van der Waals surface area (Å²) < 4.78 is 0. The van der Waals surface area contributed by atoms with Gasteiger partial charge in [-0.15, -0.1) is 0 Å². The van der Waals surface area contributed by atoms with Crippen LogP contribution in [0.2, 0.25) is 0 Å². The van der Waals surface area contributed by atoms with Crippen molar-refractivity contribution in [3.05, 3.63) is 42.6 Å². The van der Waals surface area contributed by atoms with Crippen LogP contribution in [0.3, 0.4) is 0 Å². The Morgan fingerprint density at radius 2 is 1.89 bits per heavy atom. The summed E-state index contributed by atoms with van der Waals surface area (Å²) >= 11 is 0. The number of benzene rings is 1. The van der Waals surface area contributed by atoms with Crippen molar-refractivity contribution in [1.82, 2.24) is 15.0 Å². The Labute approximate surface area is 109 Å². The van der Waals surface area contributed by atoms with E-state index >= 15 is 0 Å². The Balaban J connectivity index is 1.96. The Morgan fingerprint density at radius 1 is 1.00 bits per heavy atom. The van der Waals surface area contributed by atoms with Crippen molar-refractivity contribution >= 4 is 34.2 Å². The average Bonchev–Trinajstić information content (AvgIpc) is 2.37. The second-order valence-corrected chi connectivity index (χ2v) is 4.07. The molecule has 0 spiro atoms. The van der Waals surface area contributed by atoms with Gasteiger partial charge in [-0.2, -0.15) is 9.97 Å². The summed E-state index contributed by atoms with van der Waals surface area (Å²) in [6.45, 7) is 0. The molecular formula is C13H12N6. The third kappa shape index (κ3) is 2.37. The highest BCUT2D eigenvalue weighted by atomic mass is 15.1. The Morgan fingerprint density at radius 3 is 2.74 bits per heavy atom. The highest BCUT2D eigenvalue weighted by Crippen LogP contribution is 2.21. The summed E-state index contributed by atoms with van der Waals surface area (Å²) in [5, 5.41) is 4.18. The fourth-order valence-electron chi connectivity index (χ4n) is 1.85. The minimum Gasteiger partial charge on any atom is -0.383 e. The first-order valence-electron chi connectivity index (χ1n) is 5.72. The predicted molar refractivity (Wildman–Crippen MR) is 75.9 cm³/mol. The van der Waals surface area contributed by atoms with E-state index in [1.807, 2.05) is 30.3 Å². The first-order chi connectivity index (χ1) is 9.20. The first-order valence-corrected chi connectivity index (χ1v) is 5.72. The van der Waals surface area contributed by atoms with E-state index in [-0.39, 0.29) is 5.95 Å². The van der Waals surface area contributed by atoms with Gasteiger partial charge in [0.1, 0.15) is 11.6 Å². The molecule has 0 saturated heterocycles. The molecule has 0 unspecified atom stereocenters. The van der Waals surface area contributed by atoms with Gasteiger partial charge in [0.25, 0.3) is 0 Å². The van der Waals surface area contributed by atoms with E-state index in [1.54, 1.807) is 12.3 Å². The Hall–Kier alpha value is -2.89. The van der Waals surface area contributed by atoms with Crippen molar-refractivity contribution in [2.75, 3.05) is 16.8 Å². The number of fused-ring (bicyclic) bond motifs is 1. The average molecular weight is 252 g/mol. The lowest BCUT2D eigenvalue weighted by Crippen LogP contribution is -2.02. The lowest BCUT2D eigenvalue weighted by atomic mass is 10.2. The first kappa shape index (κ1) is 11.2. The highest BCUT2D eigenvalue weighted by Gasteiger charge is 2.01. The van der Waals surface area contributed by atoms with E-state index in [9.17, 15) is 0 Å². The number of nitrogen functional groups attached to an aromatic ring is 2. The van der Waals surface area contributed by atoms with Crippen molar-refractivity contribution in [1.29, 1.82) is 0 Å². The second kappa shape index (κ2) is 4.41. The molecule has 2 heterocycles. The quantitative estimate of drug-likeness (QED) is 0.644. The predicted octanol–water partition coefficient (Wildman–Crippen LogP) is 1.93. The van der Waals surface area contributed by atoms with Gasteiger partial charge in [-0.3, -0.25) is 4.98 Å². The minimum absolute atomic E-state index is 0.143. The number of hydrogen-bond acceptors (Lipinski definition) is 6. The van der Waals surface area contributed by atoms with Crippen molar-refractivity contribution < 1.29 is 0 Å². The molecule has 94 valence electrons. The highest BCUT2D eigenvalue weighted by molar-refractivity contribution is 5.83. The van der Waals surface area contributed by atoms with Crippen LogP contribution in [0.4, 0.5) is 23.3 Å². The molecule has 0 aliphatic rings. The normalized spacial score (nSPS) is 10.5. The topological polar surface area (TPSA) is 103 Å². The lowest BCUT2D eigenvalue weighted by Gasteiger charge is -2.07. The van der Waals surface area contributed by atoms with E-state index < -0.39 is 0 Å². The monoisotopic (exact) mass is 252 g/mol. The van der Waals surface area contributed by atoms with Crippen LogP contribution in [0.25, 0.3) is 10.9 Å². The van der Waals surface area contributed by atoms with Crippen LogP contribution in [0.5, 0.6) is 0 Å². The second-order valence-electron chi connectivity index (χ2n) is 4.07. The van der Waals surface area contributed by atoms with Gasteiger partial charge >= 0.3 is 0 Å². The van der Waals surface area contributed by atoms with Crippen LogP contribution >= 0.6 is 0 Å². The molecule has 0 amide bonds. The van der Waals surface area contributed by atoms with Gasteiger partial charge in [-0.25, -0.2) is 0 Å².